The van der Waals surface area contributed by atoms with Crippen LogP contribution in [0.2, 0.25) is 0 Å². The molecule has 27 heavy (non-hydrogen) atoms. The van der Waals surface area contributed by atoms with Crippen molar-refractivity contribution >= 4 is 51.8 Å². The quantitative estimate of drug-likeness (QED) is 0.333. The molecule has 2 fully saturated rings. The SMILES string of the molecule is CN=C(NCc1ccc(Br)cc1F)N1CCN(CC(=O)NC2CC2)CC1.I. The van der Waals surface area contributed by atoms with Gasteiger partial charge in [-0.15, -0.1) is 24.0 Å². The van der Waals surface area contributed by atoms with Gasteiger partial charge in [-0.05, 0) is 25.0 Å². The molecule has 150 valence electrons. The van der Waals surface area contributed by atoms with Crippen LogP contribution in [-0.4, -0.2) is 67.5 Å². The van der Waals surface area contributed by atoms with Crippen molar-refractivity contribution < 1.29 is 9.18 Å². The third-order valence-corrected chi connectivity index (χ3v) is 5.14. The molecule has 1 saturated heterocycles. The summed E-state index contributed by atoms with van der Waals surface area (Å²) in [4.78, 5) is 20.5. The fourth-order valence-electron chi connectivity index (χ4n) is 2.99. The number of nitrogens with zero attached hydrogens (tertiary/aromatic N) is 3. The molecule has 6 nitrogen and oxygen atoms in total. The largest absolute Gasteiger partial charge is 0.352 e. The Morgan fingerprint density at radius 1 is 1.30 bits per heavy atom. The van der Waals surface area contributed by atoms with Crippen LogP contribution in [-0.2, 0) is 11.3 Å². The fraction of sp³-hybridized carbons (Fsp3) is 0.556. The summed E-state index contributed by atoms with van der Waals surface area (Å²) >= 11 is 3.27. The van der Waals surface area contributed by atoms with Crippen molar-refractivity contribution in [3.63, 3.8) is 0 Å². The number of piperazine rings is 1. The van der Waals surface area contributed by atoms with Crippen LogP contribution >= 0.6 is 39.9 Å². The maximum atomic E-state index is 13.9. The van der Waals surface area contributed by atoms with E-state index in [9.17, 15) is 9.18 Å². The molecule has 0 unspecified atom stereocenters. The van der Waals surface area contributed by atoms with E-state index < -0.39 is 0 Å². The minimum atomic E-state index is -0.242. The Morgan fingerprint density at radius 3 is 2.59 bits per heavy atom. The van der Waals surface area contributed by atoms with Gasteiger partial charge in [-0.1, -0.05) is 22.0 Å². The highest BCUT2D eigenvalue weighted by molar-refractivity contribution is 14.0. The Labute approximate surface area is 185 Å². The number of amides is 1. The van der Waals surface area contributed by atoms with E-state index in [1.54, 1.807) is 13.1 Å². The molecular formula is C18H26BrFIN5O. The molecule has 1 heterocycles. The molecule has 1 amide bonds. The number of aliphatic imine (C=N–C) groups is 1. The Bertz CT molecular complexity index is 678. The minimum absolute atomic E-state index is 0. The molecule has 2 aliphatic rings. The van der Waals surface area contributed by atoms with Crippen LogP contribution < -0.4 is 10.6 Å². The van der Waals surface area contributed by atoms with Crippen molar-refractivity contribution in [3.05, 3.63) is 34.1 Å². The summed E-state index contributed by atoms with van der Waals surface area (Å²) < 4.78 is 14.7. The van der Waals surface area contributed by atoms with Gasteiger partial charge in [0.2, 0.25) is 5.91 Å². The van der Waals surface area contributed by atoms with Gasteiger partial charge in [-0.2, -0.15) is 0 Å². The molecule has 0 radical (unpaired) electrons. The van der Waals surface area contributed by atoms with Gasteiger partial charge in [0.1, 0.15) is 5.82 Å². The van der Waals surface area contributed by atoms with Crippen molar-refractivity contribution in [1.82, 2.24) is 20.4 Å². The first-order valence-corrected chi connectivity index (χ1v) is 9.75. The van der Waals surface area contributed by atoms with Crippen LogP contribution in [0.3, 0.4) is 0 Å². The molecule has 0 aromatic heterocycles. The molecule has 1 aromatic carbocycles. The van der Waals surface area contributed by atoms with E-state index in [4.69, 9.17) is 0 Å². The number of carbonyl (C=O) groups is 1. The number of carbonyl (C=O) groups excluding carboxylic acids is 1. The van der Waals surface area contributed by atoms with Gasteiger partial charge in [0.25, 0.3) is 0 Å². The number of hydrogen-bond acceptors (Lipinski definition) is 3. The van der Waals surface area contributed by atoms with Crippen LogP contribution in [0.25, 0.3) is 0 Å². The zero-order valence-corrected chi connectivity index (χ0v) is 19.3. The summed E-state index contributed by atoms with van der Waals surface area (Å²) in [5.41, 5.74) is 0.602. The molecule has 2 N–H and O–H groups in total. The van der Waals surface area contributed by atoms with Gasteiger partial charge in [0.15, 0.2) is 5.96 Å². The molecule has 0 atom stereocenters. The van der Waals surface area contributed by atoms with Crippen LogP contribution in [0, 0.1) is 5.82 Å². The molecule has 1 saturated carbocycles. The van der Waals surface area contributed by atoms with Crippen LogP contribution in [0.15, 0.2) is 27.7 Å². The first-order chi connectivity index (χ1) is 12.5. The lowest BCUT2D eigenvalue weighted by atomic mass is 10.2. The number of guanidine groups is 1. The predicted molar refractivity (Wildman–Crippen MR) is 119 cm³/mol. The van der Waals surface area contributed by atoms with Gasteiger partial charge in [-0.25, -0.2) is 4.39 Å². The lowest BCUT2D eigenvalue weighted by Gasteiger charge is -2.36. The second-order valence-corrected chi connectivity index (χ2v) is 7.66. The van der Waals surface area contributed by atoms with Crippen molar-refractivity contribution in [2.24, 2.45) is 4.99 Å². The molecular weight excluding hydrogens is 528 g/mol. The van der Waals surface area contributed by atoms with E-state index in [-0.39, 0.29) is 35.7 Å². The Balaban J connectivity index is 0.00000261. The van der Waals surface area contributed by atoms with Crippen LogP contribution in [0.4, 0.5) is 4.39 Å². The van der Waals surface area contributed by atoms with Gasteiger partial charge >= 0.3 is 0 Å². The molecule has 3 rings (SSSR count). The summed E-state index contributed by atoms with van der Waals surface area (Å²) in [5, 5.41) is 6.25. The first kappa shape index (κ1) is 22.4. The van der Waals surface area contributed by atoms with Crippen molar-refractivity contribution in [2.75, 3.05) is 39.8 Å². The molecule has 1 aromatic rings. The first-order valence-electron chi connectivity index (χ1n) is 8.96. The normalized spacial score (nSPS) is 18.0. The van der Waals surface area contributed by atoms with Crippen LogP contribution in [0.1, 0.15) is 18.4 Å². The maximum absolute atomic E-state index is 13.9. The summed E-state index contributed by atoms with van der Waals surface area (Å²) in [7, 11) is 1.73. The van der Waals surface area contributed by atoms with E-state index in [2.05, 4.69) is 41.4 Å². The smallest absolute Gasteiger partial charge is 0.234 e. The lowest BCUT2D eigenvalue weighted by Crippen LogP contribution is -2.54. The third kappa shape index (κ3) is 6.86. The monoisotopic (exact) mass is 553 g/mol. The fourth-order valence-corrected chi connectivity index (χ4v) is 3.33. The summed E-state index contributed by atoms with van der Waals surface area (Å²) in [6.07, 6.45) is 2.22. The van der Waals surface area contributed by atoms with E-state index in [0.29, 0.717) is 24.7 Å². The Morgan fingerprint density at radius 2 is 2.00 bits per heavy atom. The topological polar surface area (TPSA) is 60.0 Å². The van der Waals surface area contributed by atoms with Crippen molar-refractivity contribution in [1.29, 1.82) is 0 Å². The number of nitrogens with one attached hydrogen (secondary N) is 2. The predicted octanol–water partition coefficient (Wildman–Crippen LogP) is 2.18. The van der Waals surface area contributed by atoms with Crippen molar-refractivity contribution in [2.45, 2.75) is 25.4 Å². The third-order valence-electron chi connectivity index (χ3n) is 4.65. The summed E-state index contributed by atoms with van der Waals surface area (Å²) in [6.45, 7) is 4.05. The zero-order valence-electron chi connectivity index (χ0n) is 15.4. The Hall–Kier alpha value is -0.940. The van der Waals surface area contributed by atoms with Gasteiger partial charge in [0, 0.05) is 55.8 Å². The highest BCUT2D eigenvalue weighted by Crippen LogP contribution is 2.18. The van der Waals surface area contributed by atoms with Crippen LogP contribution in [0.5, 0.6) is 0 Å². The minimum Gasteiger partial charge on any atom is -0.352 e. The number of halogens is 3. The highest BCUT2D eigenvalue weighted by Gasteiger charge is 2.25. The van der Waals surface area contributed by atoms with Gasteiger partial charge in [0.05, 0.1) is 6.54 Å². The molecule has 1 aliphatic heterocycles. The second kappa shape index (κ2) is 10.6. The Kier molecular flexibility index (Phi) is 8.74. The van der Waals surface area contributed by atoms with E-state index in [1.807, 2.05) is 6.07 Å². The van der Waals surface area contributed by atoms with Gasteiger partial charge in [-0.3, -0.25) is 14.7 Å². The standard InChI is InChI=1S/C18H25BrFN5O.HI/c1-21-18(22-11-13-2-3-14(19)10-16(13)20)25-8-6-24(7-9-25)12-17(26)23-15-4-5-15;/h2-3,10,15H,4-9,11-12H2,1H3,(H,21,22)(H,23,26);1H. The van der Waals surface area contributed by atoms with E-state index in [0.717, 1.165) is 49.5 Å². The molecule has 0 bridgehead atoms. The highest BCUT2D eigenvalue weighted by atomic mass is 127. The number of hydrogen-bond donors (Lipinski definition) is 2. The van der Waals surface area contributed by atoms with E-state index >= 15 is 0 Å². The average molecular weight is 554 g/mol. The maximum Gasteiger partial charge on any atom is 0.234 e. The number of rotatable bonds is 5. The van der Waals surface area contributed by atoms with E-state index in [1.165, 1.54) is 6.07 Å². The van der Waals surface area contributed by atoms with Gasteiger partial charge < -0.3 is 15.5 Å². The summed E-state index contributed by atoms with van der Waals surface area (Å²) in [6, 6.07) is 5.46. The van der Waals surface area contributed by atoms with Crippen molar-refractivity contribution in [3.8, 4) is 0 Å². The molecule has 9 heteroatoms. The molecule has 0 spiro atoms. The zero-order chi connectivity index (χ0) is 18.5. The molecule has 1 aliphatic carbocycles. The second-order valence-electron chi connectivity index (χ2n) is 6.74. The lowest BCUT2D eigenvalue weighted by molar-refractivity contribution is -0.122. The number of benzene rings is 1. The summed E-state index contributed by atoms with van der Waals surface area (Å²) in [5.74, 6) is 0.636. The average Bonchev–Trinajstić information content (AvgIpc) is 3.42.